The Morgan fingerprint density at radius 2 is 1.90 bits per heavy atom. The van der Waals surface area contributed by atoms with Gasteiger partial charge in [-0.05, 0) is 12.8 Å². The number of piperidine rings is 1. The first-order valence-electron chi connectivity index (χ1n) is 6.54. The van der Waals surface area contributed by atoms with Crippen molar-refractivity contribution in [2.45, 2.75) is 18.9 Å². The molecule has 20 heavy (non-hydrogen) atoms. The first kappa shape index (κ1) is 16.2. The van der Waals surface area contributed by atoms with Crippen molar-refractivity contribution in [3.05, 3.63) is 0 Å². The van der Waals surface area contributed by atoms with Crippen LogP contribution in [-0.4, -0.2) is 72.6 Å². The van der Waals surface area contributed by atoms with Gasteiger partial charge in [-0.15, -0.1) is 0 Å². The van der Waals surface area contributed by atoms with Gasteiger partial charge in [0.15, 0.2) is 0 Å². The third-order valence-electron chi connectivity index (χ3n) is 3.32. The topological polar surface area (TPSA) is 116 Å². The van der Waals surface area contributed by atoms with Crippen LogP contribution < -0.4 is 11.1 Å². The summed E-state index contributed by atoms with van der Waals surface area (Å²) >= 11 is 0. The number of amides is 4. The Morgan fingerprint density at radius 3 is 2.35 bits per heavy atom. The van der Waals surface area contributed by atoms with Gasteiger partial charge < -0.3 is 26.0 Å². The lowest BCUT2D eigenvalue weighted by Crippen LogP contribution is -2.47. The molecule has 0 aromatic heterocycles. The van der Waals surface area contributed by atoms with E-state index in [1.54, 1.807) is 19.0 Å². The van der Waals surface area contributed by atoms with Gasteiger partial charge in [0.1, 0.15) is 6.10 Å². The molecule has 1 fully saturated rings. The number of aliphatic hydroxyl groups excluding tert-OH is 1. The Morgan fingerprint density at radius 1 is 1.35 bits per heavy atom. The number of likely N-dealkylation sites (tertiary alicyclic amines) is 1. The van der Waals surface area contributed by atoms with Crippen molar-refractivity contribution in [1.29, 1.82) is 0 Å². The predicted octanol–water partition coefficient (Wildman–Crippen LogP) is -1.66. The first-order chi connectivity index (χ1) is 9.32. The molecule has 0 aromatic rings. The van der Waals surface area contributed by atoms with Crippen molar-refractivity contribution in [3.63, 3.8) is 0 Å². The Kier molecular flexibility index (Phi) is 5.75. The van der Waals surface area contributed by atoms with Crippen LogP contribution in [0.15, 0.2) is 0 Å². The number of nitrogens with zero attached hydrogens (tertiary/aromatic N) is 2. The number of aliphatic hydroxyl groups is 1. The lowest BCUT2D eigenvalue weighted by molar-refractivity contribution is -0.129. The van der Waals surface area contributed by atoms with E-state index in [4.69, 9.17) is 5.73 Å². The number of hydrogen-bond donors (Lipinski definition) is 3. The average Bonchev–Trinajstić information content (AvgIpc) is 2.43. The summed E-state index contributed by atoms with van der Waals surface area (Å²) in [6.07, 6.45) is -0.231. The molecule has 8 nitrogen and oxygen atoms in total. The smallest absolute Gasteiger partial charge is 0.319 e. The van der Waals surface area contributed by atoms with Crippen LogP contribution in [0, 0.1) is 5.92 Å². The van der Waals surface area contributed by atoms with Gasteiger partial charge in [-0.3, -0.25) is 9.59 Å². The van der Waals surface area contributed by atoms with Crippen molar-refractivity contribution in [2.24, 2.45) is 11.7 Å². The fourth-order valence-corrected chi connectivity index (χ4v) is 2.06. The number of nitrogens with one attached hydrogen (secondary N) is 1. The normalized spacial score (nSPS) is 17.4. The van der Waals surface area contributed by atoms with Crippen molar-refractivity contribution in [1.82, 2.24) is 15.1 Å². The minimum absolute atomic E-state index is 0.0620. The molecule has 1 rings (SSSR count). The van der Waals surface area contributed by atoms with E-state index in [1.807, 2.05) is 0 Å². The van der Waals surface area contributed by atoms with Crippen LogP contribution in [0.25, 0.3) is 0 Å². The van der Waals surface area contributed by atoms with Crippen LogP contribution in [-0.2, 0) is 9.59 Å². The highest BCUT2D eigenvalue weighted by Gasteiger charge is 2.28. The minimum atomic E-state index is -1.37. The maximum atomic E-state index is 11.8. The highest BCUT2D eigenvalue weighted by Crippen LogP contribution is 2.18. The van der Waals surface area contributed by atoms with Crippen molar-refractivity contribution in [2.75, 3.05) is 33.7 Å². The van der Waals surface area contributed by atoms with Gasteiger partial charge in [-0.1, -0.05) is 0 Å². The van der Waals surface area contributed by atoms with Crippen LogP contribution in [0.5, 0.6) is 0 Å². The number of carbonyl (C=O) groups is 3. The molecule has 1 aliphatic rings. The second kappa shape index (κ2) is 7.09. The predicted molar refractivity (Wildman–Crippen MR) is 71.6 cm³/mol. The molecule has 0 aromatic carbocycles. The number of carbonyl (C=O) groups excluding carboxylic acids is 3. The third-order valence-corrected chi connectivity index (χ3v) is 3.32. The summed E-state index contributed by atoms with van der Waals surface area (Å²) in [5.74, 6) is -1.29. The average molecular weight is 286 g/mol. The van der Waals surface area contributed by atoms with E-state index in [0.29, 0.717) is 25.9 Å². The summed E-state index contributed by atoms with van der Waals surface area (Å²) in [4.78, 5) is 37.4. The standard InChI is InChI=1S/C12H22N4O4/c1-15(2)12(20)16-5-3-8(4-6-16)11(19)14-7-9(17)10(13)18/h8-9,17H,3-7H2,1-2H3,(H2,13,18)(H,14,19). The number of rotatable bonds is 4. The molecule has 0 spiro atoms. The monoisotopic (exact) mass is 286 g/mol. The zero-order valence-electron chi connectivity index (χ0n) is 11.8. The zero-order chi connectivity index (χ0) is 15.3. The molecule has 1 unspecified atom stereocenters. The maximum Gasteiger partial charge on any atom is 0.319 e. The SMILES string of the molecule is CN(C)C(=O)N1CCC(C(=O)NCC(O)C(N)=O)CC1. The van der Waals surface area contributed by atoms with Crippen molar-refractivity contribution < 1.29 is 19.5 Å². The lowest BCUT2D eigenvalue weighted by Gasteiger charge is -2.33. The van der Waals surface area contributed by atoms with Crippen molar-refractivity contribution >= 4 is 17.8 Å². The van der Waals surface area contributed by atoms with E-state index in [-0.39, 0.29) is 24.4 Å². The molecule has 4 N–H and O–H groups in total. The van der Waals surface area contributed by atoms with Gasteiger partial charge in [-0.2, -0.15) is 0 Å². The molecule has 1 atom stereocenters. The van der Waals surface area contributed by atoms with E-state index >= 15 is 0 Å². The fraction of sp³-hybridized carbons (Fsp3) is 0.750. The largest absolute Gasteiger partial charge is 0.381 e. The van der Waals surface area contributed by atoms with Gasteiger partial charge in [0.05, 0.1) is 6.54 Å². The molecule has 0 bridgehead atoms. The van der Waals surface area contributed by atoms with Crippen LogP contribution >= 0.6 is 0 Å². The number of hydrogen-bond acceptors (Lipinski definition) is 4. The minimum Gasteiger partial charge on any atom is -0.381 e. The summed E-state index contributed by atoms with van der Waals surface area (Å²) < 4.78 is 0. The lowest BCUT2D eigenvalue weighted by atomic mass is 9.96. The summed E-state index contributed by atoms with van der Waals surface area (Å²) in [5, 5.41) is 11.7. The summed E-state index contributed by atoms with van der Waals surface area (Å²) in [7, 11) is 3.37. The first-order valence-corrected chi connectivity index (χ1v) is 6.54. The third kappa shape index (κ3) is 4.37. The summed E-state index contributed by atoms with van der Waals surface area (Å²) in [5.41, 5.74) is 4.89. The highest BCUT2D eigenvalue weighted by atomic mass is 16.3. The van der Waals surface area contributed by atoms with Crippen LogP contribution in [0.4, 0.5) is 4.79 Å². The number of primary amides is 1. The number of nitrogens with two attached hydrogens (primary N) is 1. The molecular weight excluding hydrogens is 264 g/mol. The van der Waals surface area contributed by atoms with Gasteiger partial charge in [0, 0.05) is 33.1 Å². The molecule has 114 valence electrons. The van der Waals surface area contributed by atoms with Crippen LogP contribution in [0.1, 0.15) is 12.8 Å². The Labute approximate surface area is 117 Å². The molecule has 1 saturated heterocycles. The van der Waals surface area contributed by atoms with E-state index in [0.717, 1.165) is 0 Å². The molecule has 1 aliphatic heterocycles. The molecule has 0 saturated carbocycles. The maximum absolute atomic E-state index is 11.8. The van der Waals surface area contributed by atoms with Gasteiger partial charge in [0.25, 0.3) is 0 Å². The highest BCUT2D eigenvalue weighted by molar-refractivity contribution is 5.82. The van der Waals surface area contributed by atoms with Gasteiger partial charge >= 0.3 is 6.03 Å². The quantitative estimate of drug-likeness (QED) is 0.573. The molecule has 8 heteroatoms. The molecule has 0 aliphatic carbocycles. The molecule has 0 radical (unpaired) electrons. The van der Waals surface area contributed by atoms with E-state index in [2.05, 4.69) is 5.32 Å². The molecule has 1 heterocycles. The van der Waals surface area contributed by atoms with Crippen molar-refractivity contribution in [3.8, 4) is 0 Å². The zero-order valence-corrected chi connectivity index (χ0v) is 11.8. The molecular formula is C12H22N4O4. The fourth-order valence-electron chi connectivity index (χ4n) is 2.06. The second-order valence-corrected chi connectivity index (χ2v) is 5.10. The second-order valence-electron chi connectivity index (χ2n) is 5.10. The van der Waals surface area contributed by atoms with Crippen LogP contribution in [0.2, 0.25) is 0 Å². The van der Waals surface area contributed by atoms with Crippen LogP contribution in [0.3, 0.4) is 0 Å². The van der Waals surface area contributed by atoms with Gasteiger partial charge in [-0.25, -0.2) is 4.79 Å². The van der Waals surface area contributed by atoms with E-state index in [1.165, 1.54) is 4.90 Å². The van der Waals surface area contributed by atoms with E-state index < -0.39 is 12.0 Å². The molecule has 4 amide bonds. The number of urea groups is 1. The van der Waals surface area contributed by atoms with Gasteiger partial charge in [0.2, 0.25) is 11.8 Å². The Balaban J connectivity index is 2.36. The Hall–Kier alpha value is -1.83. The summed E-state index contributed by atoms with van der Waals surface area (Å²) in [6.45, 7) is 0.867. The summed E-state index contributed by atoms with van der Waals surface area (Å²) in [6, 6.07) is -0.0620. The van der Waals surface area contributed by atoms with E-state index in [9.17, 15) is 19.5 Å². The Bertz CT molecular complexity index is 378.